The third kappa shape index (κ3) is 10.1. The molecule has 0 heterocycles. The van der Waals surface area contributed by atoms with E-state index in [1.54, 1.807) is 0 Å². The van der Waals surface area contributed by atoms with Gasteiger partial charge in [-0.05, 0) is 44.3 Å². The minimum absolute atomic E-state index is 0.178. The molecule has 0 bridgehead atoms. The molecule has 1 rings (SSSR count). The number of nitrogens with two attached hydrogens (primary N) is 3. The highest BCUT2D eigenvalue weighted by atomic mass is 16.5. The molecule has 0 spiro atoms. The maximum Gasteiger partial charge on any atom is 0.328 e. The average Bonchev–Trinajstić information content (AvgIpc) is 2.69. The summed E-state index contributed by atoms with van der Waals surface area (Å²) in [4.78, 5) is 24.8. The maximum atomic E-state index is 12.5. The molecule has 7 heteroatoms. The van der Waals surface area contributed by atoms with Gasteiger partial charge in [0, 0.05) is 0 Å². The van der Waals surface area contributed by atoms with Crippen LogP contribution in [0.2, 0.25) is 0 Å². The Labute approximate surface area is 162 Å². The lowest BCUT2D eigenvalue weighted by molar-refractivity contribution is -0.149. The van der Waals surface area contributed by atoms with E-state index in [0.29, 0.717) is 25.9 Å². The summed E-state index contributed by atoms with van der Waals surface area (Å²) in [6, 6.07) is 8.10. The summed E-state index contributed by atoms with van der Waals surface area (Å²) in [7, 11) is 0. The number of unbranched alkanes of at least 4 members (excludes halogenated alkanes) is 3. The van der Waals surface area contributed by atoms with Gasteiger partial charge in [-0.25, -0.2) is 4.79 Å². The van der Waals surface area contributed by atoms with Crippen molar-refractivity contribution in [2.45, 2.75) is 63.6 Å². The molecule has 152 valence electrons. The van der Waals surface area contributed by atoms with Gasteiger partial charge in [0.25, 0.3) is 0 Å². The van der Waals surface area contributed by atoms with Crippen molar-refractivity contribution in [1.29, 1.82) is 0 Å². The molecule has 1 amide bonds. The number of carbonyl (C=O) groups is 2. The molecule has 7 nitrogen and oxygen atoms in total. The van der Waals surface area contributed by atoms with Crippen molar-refractivity contribution in [2.24, 2.45) is 17.2 Å². The first-order valence-corrected chi connectivity index (χ1v) is 9.75. The van der Waals surface area contributed by atoms with E-state index in [1.807, 2.05) is 30.3 Å². The first-order chi connectivity index (χ1) is 13.1. The summed E-state index contributed by atoms with van der Waals surface area (Å²) in [5.74, 6) is -0.762. The quantitative estimate of drug-likeness (QED) is 0.284. The highest BCUT2D eigenvalue weighted by Crippen LogP contribution is 2.09. The lowest BCUT2D eigenvalue weighted by Gasteiger charge is -2.20. The Morgan fingerprint density at radius 2 is 1.56 bits per heavy atom. The van der Waals surface area contributed by atoms with Crippen LogP contribution >= 0.6 is 0 Å². The van der Waals surface area contributed by atoms with Crippen LogP contribution in [0.5, 0.6) is 0 Å². The summed E-state index contributed by atoms with van der Waals surface area (Å²) in [6.07, 6.45) is 5.23. The van der Waals surface area contributed by atoms with Crippen LogP contribution in [0.25, 0.3) is 0 Å². The van der Waals surface area contributed by atoms with Crippen LogP contribution in [0.4, 0.5) is 0 Å². The van der Waals surface area contributed by atoms with Crippen LogP contribution in [-0.2, 0) is 20.9 Å². The molecular formula is C20H34N4O3. The number of rotatable bonds is 14. The zero-order valence-electron chi connectivity index (χ0n) is 16.1. The van der Waals surface area contributed by atoms with Crippen molar-refractivity contribution in [2.75, 3.05) is 13.1 Å². The van der Waals surface area contributed by atoms with Crippen LogP contribution in [0.3, 0.4) is 0 Å². The van der Waals surface area contributed by atoms with Gasteiger partial charge in [-0.15, -0.1) is 0 Å². The number of hydrogen-bond donors (Lipinski definition) is 4. The molecule has 0 saturated heterocycles. The van der Waals surface area contributed by atoms with Gasteiger partial charge in [-0.1, -0.05) is 49.6 Å². The molecule has 0 aliphatic rings. The minimum Gasteiger partial charge on any atom is -0.459 e. The Bertz CT molecular complexity index is 539. The molecule has 1 aromatic carbocycles. The standard InChI is InChI=1S/C20H34N4O3/c21-13-7-2-5-12-18(24-19(25)17(23)11-6-8-14-22)20(26)27-15-16-9-3-1-4-10-16/h1,3-4,9-10,17-18H,2,5-8,11-15,21-23H2,(H,24,25)/t17-,18-/m0/s1. The fraction of sp³-hybridized carbons (Fsp3) is 0.600. The lowest BCUT2D eigenvalue weighted by atomic mass is 10.1. The Kier molecular flexibility index (Phi) is 12.1. The third-order valence-electron chi connectivity index (χ3n) is 4.33. The molecule has 0 aliphatic carbocycles. The van der Waals surface area contributed by atoms with Crippen molar-refractivity contribution in [3.05, 3.63) is 35.9 Å². The molecule has 2 atom stereocenters. The predicted molar refractivity (Wildman–Crippen MR) is 107 cm³/mol. The third-order valence-corrected chi connectivity index (χ3v) is 4.33. The largest absolute Gasteiger partial charge is 0.459 e. The second-order valence-electron chi connectivity index (χ2n) is 6.68. The minimum atomic E-state index is -0.695. The first-order valence-electron chi connectivity index (χ1n) is 9.75. The van der Waals surface area contributed by atoms with E-state index in [-0.39, 0.29) is 12.5 Å². The maximum absolute atomic E-state index is 12.5. The fourth-order valence-corrected chi connectivity index (χ4v) is 2.67. The normalized spacial score (nSPS) is 13.0. The number of benzene rings is 1. The van der Waals surface area contributed by atoms with Gasteiger partial charge in [-0.3, -0.25) is 4.79 Å². The van der Waals surface area contributed by atoms with E-state index in [2.05, 4.69) is 5.32 Å². The molecule has 0 unspecified atom stereocenters. The average molecular weight is 379 g/mol. The SMILES string of the molecule is NCCCCC[C@H](NC(=O)[C@@H](N)CCCCN)C(=O)OCc1ccccc1. The molecule has 0 fully saturated rings. The molecule has 0 saturated carbocycles. The van der Waals surface area contributed by atoms with Crippen LogP contribution in [0.15, 0.2) is 30.3 Å². The number of hydrogen-bond acceptors (Lipinski definition) is 6. The zero-order chi connectivity index (χ0) is 19.9. The molecule has 0 radical (unpaired) electrons. The molecule has 0 aromatic heterocycles. The van der Waals surface area contributed by atoms with E-state index < -0.39 is 18.1 Å². The Morgan fingerprint density at radius 3 is 2.22 bits per heavy atom. The van der Waals surface area contributed by atoms with E-state index in [0.717, 1.165) is 37.7 Å². The van der Waals surface area contributed by atoms with Crippen LogP contribution in [0, 0.1) is 0 Å². The van der Waals surface area contributed by atoms with Gasteiger partial charge in [0.2, 0.25) is 5.91 Å². The van der Waals surface area contributed by atoms with Crippen molar-refractivity contribution in [1.82, 2.24) is 5.32 Å². The molecule has 1 aromatic rings. The first kappa shape index (κ1) is 23.1. The van der Waals surface area contributed by atoms with Gasteiger partial charge < -0.3 is 27.3 Å². The Balaban J connectivity index is 2.56. The predicted octanol–water partition coefficient (Wildman–Crippen LogP) is 1.19. The van der Waals surface area contributed by atoms with Gasteiger partial charge in [0.15, 0.2) is 0 Å². The molecular weight excluding hydrogens is 344 g/mol. The topological polar surface area (TPSA) is 133 Å². The second-order valence-corrected chi connectivity index (χ2v) is 6.68. The number of ether oxygens (including phenoxy) is 1. The second kappa shape index (κ2) is 14.1. The highest BCUT2D eigenvalue weighted by molar-refractivity contribution is 5.87. The summed E-state index contributed by atoms with van der Waals surface area (Å²) in [6.45, 7) is 1.36. The number of nitrogens with one attached hydrogen (secondary N) is 1. The molecule has 27 heavy (non-hydrogen) atoms. The molecule has 7 N–H and O–H groups in total. The van der Waals surface area contributed by atoms with Crippen molar-refractivity contribution < 1.29 is 14.3 Å². The summed E-state index contributed by atoms with van der Waals surface area (Å²) in [5.41, 5.74) is 17.8. The lowest BCUT2D eigenvalue weighted by Crippen LogP contribution is -2.48. The summed E-state index contributed by atoms with van der Waals surface area (Å²) >= 11 is 0. The van der Waals surface area contributed by atoms with Gasteiger partial charge in [0.1, 0.15) is 12.6 Å². The Hall–Kier alpha value is -1.96. The van der Waals surface area contributed by atoms with Gasteiger partial charge in [0.05, 0.1) is 6.04 Å². The highest BCUT2D eigenvalue weighted by Gasteiger charge is 2.24. The Morgan fingerprint density at radius 1 is 0.926 bits per heavy atom. The van der Waals surface area contributed by atoms with Crippen LogP contribution < -0.4 is 22.5 Å². The molecule has 0 aliphatic heterocycles. The zero-order valence-corrected chi connectivity index (χ0v) is 16.1. The van der Waals surface area contributed by atoms with E-state index in [9.17, 15) is 9.59 Å². The van der Waals surface area contributed by atoms with Crippen molar-refractivity contribution >= 4 is 11.9 Å². The van der Waals surface area contributed by atoms with E-state index >= 15 is 0 Å². The smallest absolute Gasteiger partial charge is 0.328 e. The fourth-order valence-electron chi connectivity index (χ4n) is 2.67. The van der Waals surface area contributed by atoms with Gasteiger partial charge in [-0.2, -0.15) is 0 Å². The summed E-state index contributed by atoms with van der Waals surface area (Å²) < 4.78 is 5.39. The number of amides is 1. The van der Waals surface area contributed by atoms with Crippen LogP contribution in [-0.4, -0.2) is 37.0 Å². The number of esters is 1. The van der Waals surface area contributed by atoms with E-state index in [1.165, 1.54) is 0 Å². The van der Waals surface area contributed by atoms with Crippen molar-refractivity contribution in [3.8, 4) is 0 Å². The number of carbonyl (C=O) groups excluding carboxylic acids is 2. The van der Waals surface area contributed by atoms with Crippen LogP contribution in [0.1, 0.15) is 50.5 Å². The van der Waals surface area contributed by atoms with E-state index in [4.69, 9.17) is 21.9 Å². The van der Waals surface area contributed by atoms with Crippen molar-refractivity contribution in [3.63, 3.8) is 0 Å². The monoisotopic (exact) mass is 378 g/mol. The summed E-state index contributed by atoms with van der Waals surface area (Å²) in [5, 5.41) is 2.76. The van der Waals surface area contributed by atoms with Gasteiger partial charge >= 0.3 is 5.97 Å².